The van der Waals surface area contributed by atoms with Gasteiger partial charge in [0.05, 0.1) is 19.9 Å². The molecule has 13 nitrogen and oxygen atoms in total. The predicted molar refractivity (Wildman–Crippen MR) is 158 cm³/mol. The number of carbonyl (C=O) groups is 5. The first-order valence-electron chi connectivity index (χ1n) is 14.8. The van der Waals surface area contributed by atoms with Crippen LogP contribution in [0.25, 0.3) is 0 Å². The van der Waals surface area contributed by atoms with Crippen molar-refractivity contribution in [2.45, 2.75) is 71.3 Å². The Morgan fingerprint density at radius 2 is 1.66 bits per heavy atom. The molecule has 236 valence electrons. The smallest absolute Gasteiger partial charge is 0.410 e. The number of methoxy groups -OCH3 is 1. The first-order chi connectivity index (χ1) is 21.0. The van der Waals surface area contributed by atoms with Gasteiger partial charge in [-0.1, -0.05) is 52.0 Å². The van der Waals surface area contributed by atoms with E-state index in [0.29, 0.717) is 19.5 Å². The molecule has 3 heterocycles. The molecule has 4 amide bonds. The molecule has 1 aromatic carbocycles. The van der Waals surface area contributed by atoms with E-state index in [4.69, 9.17) is 9.47 Å². The Hall–Kier alpha value is -4.55. The molecule has 2 aliphatic heterocycles. The molecule has 1 saturated heterocycles. The summed E-state index contributed by atoms with van der Waals surface area (Å²) in [5.41, 5.74) is 2.29. The van der Waals surface area contributed by atoms with Crippen LogP contribution in [0.4, 0.5) is 4.79 Å². The molecule has 2 N–H and O–H groups in total. The van der Waals surface area contributed by atoms with E-state index < -0.39 is 54.0 Å². The number of hydrogen-bond donors (Lipinski definition) is 2. The minimum atomic E-state index is -1.03. The number of esters is 1. The maximum Gasteiger partial charge on any atom is 0.410 e. The molecule has 1 fully saturated rings. The second kappa shape index (κ2) is 14.3. The van der Waals surface area contributed by atoms with Crippen molar-refractivity contribution in [1.82, 2.24) is 30.4 Å². The van der Waals surface area contributed by atoms with Gasteiger partial charge in [0.1, 0.15) is 29.9 Å². The normalized spacial score (nSPS) is 19.2. The van der Waals surface area contributed by atoms with Gasteiger partial charge in [-0.25, -0.2) is 14.6 Å². The summed E-state index contributed by atoms with van der Waals surface area (Å²) in [6.45, 7) is 7.93. The molecule has 13 heteroatoms. The molecule has 0 bridgehead atoms. The summed E-state index contributed by atoms with van der Waals surface area (Å²) in [6.07, 6.45) is 3.60. The van der Waals surface area contributed by atoms with Gasteiger partial charge in [-0.05, 0) is 29.4 Å². The van der Waals surface area contributed by atoms with Crippen LogP contribution in [0.15, 0.2) is 42.9 Å². The standard InChI is InChI=1S/C31H40N6O7/c1-18(2)25(34-27(38)23-15-32-11-12-33-23)28(39)35-26(19(3)4)29(40)37-17-22(14-24(37)30(41)43-5)44-31(42)36-13-10-20-8-6-7-9-21(20)16-36/h6-9,11-12,15,18-19,22,24-26H,10,13-14,16-17H2,1-5H3,(H,34,38)(H,35,39)/t22-,24+,25+,26+/m1/s1. The van der Waals surface area contributed by atoms with Gasteiger partial charge in [0.25, 0.3) is 5.91 Å². The maximum atomic E-state index is 13.9. The molecular weight excluding hydrogens is 568 g/mol. The number of nitrogens with zero attached hydrogens (tertiary/aromatic N) is 4. The third kappa shape index (κ3) is 7.50. The number of rotatable bonds is 9. The number of amides is 4. The summed E-state index contributed by atoms with van der Waals surface area (Å²) in [5.74, 6) is -2.99. The first-order valence-corrected chi connectivity index (χ1v) is 14.8. The summed E-state index contributed by atoms with van der Waals surface area (Å²) in [7, 11) is 1.23. The lowest BCUT2D eigenvalue weighted by Crippen LogP contribution is -2.58. The third-order valence-corrected chi connectivity index (χ3v) is 7.94. The molecule has 0 radical (unpaired) electrons. The number of hydrogen-bond acceptors (Lipinski definition) is 9. The van der Waals surface area contributed by atoms with Crippen LogP contribution in [0.5, 0.6) is 0 Å². The van der Waals surface area contributed by atoms with Crippen LogP contribution >= 0.6 is 0 Å². The van der Waals surface area contributed by atoms with Crippen LogP contribution in [-0.4, -0.2) is 94.0 Å². The van der Waals surface area contributed by atoms with Crippen LogP contribution in [0.1, 0.15) is 55.7 Å². The number of benzene rings is 1. The number of likely N-dealkylation sites (tertiary alicyclic amines) is 1. The molecule has 0 saturated carbocycles. The molecule has 2 aliphatic rings. The zero-order valence-corrected chi connectivity index (χ0v) is 25.7. The number of nitrogens with one attached hydrogen (secondary N) is 2. The van der Waals surface area contributed by atoms with Gasteiger partial charge in [-0.2, -0.15) is 0 Å². The van der Waals surface area contributed by atoms with E-state index in [-0.39, 0.29) is 30.5 Å². The number of carbonyl (C=O) groups excluding carboxylic acids is 5. The summed E-state index contributed by atoms with van der Waals surface area (Å²) in [6, 6.07) is 4.91. The van der Waals surface area contributed by atoms with Gasteiger partial charge in [-0.15, -0.1) is 0 Å². The Labute approximate surface area is 256 Å². The van der Waals surface area contributed by atoms with E-state index in [1.54, 1.807) is 32.6 Å². The van der Waals surface area contributed by atoms with Gasteiger partial charge in [0.15, 0.2) is 0 Å². The fourth-order valence-electron chi connectivity index (χ4n) is 5.46. The topological polar surface area (TPSA) is 160 Å². The second-order valence-electron chi connectivity index (χ2n) is 11.7. The molecular formula is C31H40N6O7. The fraction of sp³-hybridized carbons (Fsp3) is 0.516. The lowest BCUT2D eigenvalue weighted by atomic mass is 9.99. The number of fused-ring (bicyclic) bond motifs is 1. The second-order valence-corrected chi connectivity index (χ2v) is 11.7. The molecule has 1 aromatic heterocycles. The average Bonchev–Trinajstić information content (AvgIpc) is 3.45. The van der Waals surface area contributed by atoms with Crippen LogP contribution < -0.4 is 10.6 Å². The largest absolute Gasteiger partial charge is 0.467 e. The van der Waals surface area contributed by atoms with Crippen LogP contribution in [0.3, 0.4) is 0 Å². The Kier molecular flexibility index (Phi) is 10.5. The first kappa shape index (κ1) is 32.4. The Morgan fingerprint density at radius 1 is 0.955 bits per heavy atom. The summed E-state index contributed by atoms with van der Waals surface area (Å²) in [5, 5.41) is 5.45. The zero-order valence-electron chi connectivity index (χ0n) is 25.7. The minimum Gasteiger partial charge on any atom is -0.467 e. The van der Waals surface area contributed by atoms with E-state index in [1.165, 1.54) is 36.2 Å². The van der Waals surface area contributed by atoms with Gasteiger partial charge < -0.3 is 29.9 Å². The average molecular weight is 609 g/mol. The van der Waals surface area contributed by atoms with Gasteiger partial charge >= 0.3 is 12.1 Å². The minimum absolute atomic E-state index is 0.0368. The van der Waals surface area contributed by atoms with Crippen molar-refractivity contribution in [3.63, 3.8) is 0 Å². The molecule has 44 heavy (non-hydrogen) atoms. The van der Waals surface area contributed by atoms with Crippen LogP contribution in [-0.2, 0) is 36.8 Å². The summed E-state index contributed by atoms with van der Waals surface area (Å²) < 4.78 is 10.8. The zero-order chi connectivity index (χ0) is 32.0. The molecule has 4 rings (SSSR count). The Balaban J connectivity index is 1.45. The number of aromatic nitrogens is 2. The van der Waals surface area contributed by atoms with Crippen LogP contribution in [0, 0.1) is 11.8 Å². The highest BCUT2D eigenvalue weighted by atomic mass is 16.6. The highest BCUT2D eigenvalue weighted by Gasteiger charge is 2.45. The Bertz CT molecular complexity index is 1370. The van der Waals surface area contributed by atoms with Crippen molar-refractivity contribution in [2.24, 2.45) is 11.8 Å². The SMILES string of the molecule is COC(=O)[C@@H]1C[C@@H](OC(=O)N2CCc3ccccc3C2)CN1C(=O)[C@@H](NC(=O)[C@@H](NC(=O)c1cnccn1)C(C)C)C(C)C. The fourth-order valence-corrected chi connectivity index (χ4v) is 5.46. The summed E-state index contributed by atoms with van der Waals surface area (Å²) >= 11 is 0. The van der Waals surface area contributed by atoms with Gasteiger partial charge in [-0.3, -0.25) is 19.4 Å². The van der Waals surface area contributed by atoms with Crippen molar-refractivity contribution < 1.29 is 33.4 Å². The Morgan fingerprint density at radius 3 is 2.30 bits per heavy atom. The van der Waals surface area contributed by atoms with Crippen molar-refractivity contribution >= 4 is 29.8 Å². The molecule has 0 aliphatic carbocycles. The highest BCUT2D eigenvalue weighted by Crippen LogP contribution is 2.26. The predicted octanol–water partition coefficient (Wildman–Crippen LogP) is 1.71. The van der Waals surface area contributed by atoms with E-state index in [1.807, 2.05) is 24.3 Å². The van der Waals surface area contributed by atoms with E-state index in [2.05, 4.69) is 20.6 Å². The van der Waals surface area contributed by atoms with Crippen molar-refractivity contribution in [1.29, 1.82) is 0 Å². The van der Waals surface area contributed by atoms with Crippen molar-refractivity contribution in [3.8, 4) is 0 Å². The van der Waals surface area contributed by atoms with Gasteiger partial charge in [0.2, 0.25) is 11.8 Å². The lowest BCUT2D eigenvalue weighted by Gasteiger charge is -2.31. The highest BCUT2D eigenvalue weighted by molar-refractivity contribution is 5.97. The summed E-state index contributed by atoms with van der Waals surface area (Å²) in [4.78, 5) is 76.7. The molecule has 4 atom stereocenters. The third-order valence-electron chi connectivity index (χ3n) is 7.94. The monoisotopic (exact) mass is 608 g/mol. The molecule has 0 spiro atoms. The lowest BCUT2D eigenvalue weighted by molar-refractivity contribution is -0.152. The van der Waals surface area contributed by atoms with Crippen molar-refractivity contribution in [2.75, 3.05) is 20.2 Å². The van der Waals surface area contributed by atoms with E-state index in [0.717, 1.165) is 5.56 Å². The maximum absolute atomic E-state index is 13.9. The van der Waals surface area contributed by atoms with E-state index in [9.17, 15) is 24.0 Å². The van der Waals surface area contributed by atoms with Gasteiger partial charge in [0, 0.05) is 31.9 Å². The van der Waals surface area contributed by atoms with Crippen LogP contribution in [0.2, 0.25) is 0 Å². The van der Waals surface area contributed by atoms with E-state index >= 15 is 0 Å². The van der Waals surface area contributed by atoms with Crippen molar-refractivity contribution in [3.05, 3.63) is 59.7 Å². The quantitative estimate of drug-likeness (QED) is 0.404. The number of ether oxygens (including phenoxy) is 2. The molecule has 0 unspecified atom stereocenters. The molecule has 2 aromatic rings.